The molecule has 0 radical (unpaired) electrons. The Morgan fingerprint density at radius 3 is 2.42 bits per heavy atom. The molecular formula is C9H15NO2. The summed E-state index contributed by atoms with van der Waals surface area (Å²) in [4.78, 5) is 0. The summed E-state index contributed by atoms with van der Waals surface area (Å²) < 4.78 is 5.29. The minimum atomic E-state index is -0.541. The average molecular weight is 169 g/mol. The van der Waals surface area contributed by atoms with E-state index in [9.17, 15) is 5.11 Å². The Labute approximate surface area is 72.2 Å². The van der Waals surface area contributed by atoms with Crippen LogP contribution in [0.3, 0.4) is 0 Å². The van der Waals surface area contributed by atoms with Crippen molar-refractivity contribution in [3.05, 3.63) is 23.2 Å². The smallest absolute Gasteiger partial charge is 0.105 e. The monoisotopic (exact) mass is 169 g/mol. The van der Waals surface area contributed by atoms with Crippen LogP contribution in [0.4, 0.5) is 0 Å². The summed E-state index contributed by atoms with van der Waals surface area (Å²) in [6, 6.07) is 1.52. The van der Waals surface area contributed by atoms with E-state index in [1.165, 1.54) is 0 Å². The maximum atomic E-state index is 9.24. The molecule has 0 saturated heterocycles. The van der Waals surface area contributed by atoms with Crippen molar-refractivity contribution < 1.29 is 9.52 Å². The molecule has 3 N–H and O–H groups in total. The minimum absolute atomic E-state index is 0.345. The third-order valence-electron chi connectivity index (χ3n) is 1.96. The van der Waals surface area contributed by atoms with Gasteiger partial charge in [-0.3, -0.25) is 0 Å². The van der Waals surface area contributed by atoms with E-state index in [1.807, 2.05) is 19.9 Å². The molecule has 1 rings (SSSR count). The Morgan fingerprint density at radius 1 is 1.50 bits per heavy atom. The van der Waals surface area contributed by atoms with Gasteiger partial charge in [0, 0.05) is 5.56 Å². The summed E-state index contributed by atoms with van der Waals surface area (Å²) >= 11 is 0. The van der Waals surface area contributed by atoms with Crippen LogP contribution in [0.2, 0.25) is 0 Å². The Hall–Kier alpha value is -0.800. The van der Waals surface area contributed by atoms with Crippen molar-refractivity contribution in [3.63, 3.8) is 0 Å². The van der Waals surface area contributed by atoms with Crippen LogP contribution < -0.4 is 5.73 Å². The maximum Gasteiger partial charge on any atom is 0.105 e. The molecule has 0 bridgehead atoms. The van der Waals surface area contributed by atoms with Crippen LogP contribution in [-0.2, 0) is 0 Å². The van der Waals surface area contributed by atoms with Gasteiger partial charge in [-0.15, -0.1) is 0 Å². The molecule has 0 unspecified atom stereocenters. The molecule has 1 aromatic rings. The zero-order valence-corrected chi connectivity index (χ0v) is 7.66. The maximum absolute atomic E-state index is 9.24. The van der Waals surface area contributed by atoms with Gasteiger partial charge in [0.05, 0.1) is 12.1 Å². The normalized spacial score (nSPS) is 16.1. The van der Waals surface area contributed by atoms with Gasteiger partial charge in [-0.05, 0) is 26.8 Å². The first-order valence-electron chi connectivity index (χ1n) is 4.03. The lowest BCUT2D eigenvalue weighted by molar-refractivity contribution is 0.163. The van der Waals surface area contributed by atoms with Gasteiger partial charge in [-0.25, -0.2) is 0 Å². The topological polar surface area (TPSA) is 59.4 Å². The number of hydrogen-bond acceptors (Lipinski definition) is 3. The molecule has 0 aromatic carbocycles. The van der Waals surface area contributed by atoms with Crippen molar-refractivity contribution in [1.29, 1.82) is 0 Å². The molecule has 3 nitrogen and oxygen atoms in total. The number of nitrogens with two attached hydrogens (primary N) is 1. The molecule has 3 heteroatoms. The van der Waals surface area contributed by atoms with Crippen molar-refractivity contribution in [3.8, 4) is 0 Å². The molecule has 0 aliphatic rings. The summed E-state index contributed by atoms with van der Waals surface area (Å²) in [6.07, 6.45) is -0.541. The van der Waals surface area contributed by atoms with Gasteiger partial charge in [0.15, 0.2) is 0 Å². The highest BCUT2D eigenvalue weighted by Crippen LogP contribution is 2.21. The highest BCUT2D eigenvalue weighted by molar-refractivity contribution is 5.24. The lowest BCUT2D eigenvalue weighted by Crippen LogP contribution is -2.23. The zero-order chi connectivity index (χ0) is 9.30. The Kier molecular flexibility index (Phi) is 2.55. The summed E-state index contributed by atoms with van der Waals surface area (Å²) in [6.45, 7) is 5.39. The van der Waals surface area contributed by atoms with E-state index >= 15 is 0 Å². The van der Waals surface area contributed by atoms with E-state index in [-0.39, 0.29) is 6.04 Å². The Morgan fingerprint density at radius 2 is 2.08 bits per heavy atom. The van der Waals surface area contributed by atoms with E-state index in [1.54, 1.807) is 6.92 Å². The Bertz CT molecular complexity index is 265. The second-order valence-corrected chi connectivity index (χ2v) is 3.13. The van der Waals surface area contributed by atoms with Crippen LogP contribution in [0.1, 0.15) is 30.0 Å². The predicted octanol–water partition coefficient (Wildman–Crippen LogP) is 1.28. The molecule has 0 amide bonds. The molecule has 1 heterocycles. The second-order valence-electron chi connectivity index (χ2n) is 3.13. The number of hydrogen-bond donors (Lipinski definition) is 2. The molecule has 0 spiro atoms. The Balaban J connectivity index is 2.94. The van der Waals surface area contributed by atoms with Crippen LogP contribution in [0.25, 0.3) is 0 Å². The minimum Gasteiger partial charge on any atom is -0.466 e. The van der Waals surface area contributed by atoms with Crippen LogP contribution in [-0.4, -0.2) is 11.2 Å². The van der Waals surface area contributed by atoms with Crippen molar-refractivity contribution in [1.82, 2.24) is 0 Å². The van der Waals surface area contributed by atoms with Gasteiger partial charge in [-0.2, -0.15) is 0 Å². The average Bonchev–Trinajstić information content (AvgIpc) is 2.28. The third-order valence-corrected chi connectivity index (χ3v) is 1.96. The lowest BCUT2D eigenvalue weighted by atomic mass is 10.0. The number of aliphatic hydroxyl groups excluding tert-OH is 1. The molecule has 0 fully saturated rings. The summed E-state index contributed by atoms with van der Waals surface area (Å²) in [7, 11) is 0. The van der Waals surface area contributed by atoms with E-state index in [0.29, 0.717) is 0 Å². The van der Waals surface area contributed by atoms with Gasteiger partial charge in [0.25, 0.3) is 0 Å². The van der Waals surface area contributed by atoms with E-state index < -0.39 is 6.10 Å². The zero-order valence-electron chi connectivity index (χ0n) is 7.66. The first-order valence-corrected chi connectivity index (χ1v) is 4.03. The fourth-order valence-corrected chi connectivity index (χ4v) is 1.24. The van der Waals surface area contributed by atoms with E-state index in [4.69, 9.17) is 10.2 Å². The van der Waals surface area contributed by atoms with Gasteiger partial charge >= 0.3 is 0 Å². The van der Waals surface area contributed by atoms with Crippen molar-refractivity contribution in [2.75, 3.05) is 0 Å². The summed E-state index contributed by atoms with van der Waals surface area (Å²) in [5, 5.41) is 9.24. The fourth-order valence-electron chi connectivity index (χ4n) is 1.24. The molecule has 12 heavy (non-hydrogen) atoms. The van der Waals surface area contributed by atoms with Crippen LogP contribution in [0.5, 0.6) is 0 Å². The van der Waals surface area contributed by atoms with Gasteiger partial charge < -0.3 is 15.3 Å². The lowest BCUT2D eigenvalue weighted by Gasteiger charge is -2.12. The van der Waals surface area contributed by atoms with Crippen LogP contribution in [0, 0.1) is 13.8 Å². The van der Waals surface area contributed by atoms with Gasteiger partial charge in [-0.1, -0.05) is 0 Å². The SMILES string of the molecule is Cc1cc([C@@H](N)[C@H](C)O)c(C)o1. The van der Waals surface area contributed by atoms with E-state index in [2.05, 4.69) is 0 Å². The van der Waals surface area contributed by atoms with Gasteiger partial charge in [0.2, 0.25) is 0 Å². The molecular weight excluding hydrogens is 154 g/mol. The first-order chi connectivity index (χ1) is 5.52. The van der Waals surface area contributed by atoms with Crippen molar-refractivity contribution >= 4 is 0 Å². The molecule has 0 aliphatic carbocycles. The first kappa shape index (κ1) is 9.29. The summed E-state index contributed by atoms with van der Waals surface area (Å²) in [5.74, 6) is 1.62. The molecule has 0 saturated carbocycles. The number of aryl methyl sites for hydroxylation is 2. The molecule has 1 aromatic heterocycles. The summed E-state index contributed by atoms with van der Waals surface area (Å²) in [5.41, 5.74) is 6.63. The van der Waals surface area contributed by atoms with Crippen molar-refractivity contribution in [2.24, 2.45) is 5.73 Å². The third kappa shape index (κ3) is 1.68. The molecule has 0 aliphatic heterocycles. The van der Waals surface area contributed by atoms with Crippen LogP contribution in [0.15, 0.2) is 10.5 Å². The number of furan rings is 1. The fraction of sp³-hybridized carbons (Fsp3) is 0.556. The predicted molar refractivity (Wildman–Crippen MR) is 46.8 cm³/mol. The van der Waals surface area contributed by atoms with Gasteiger partial charge in [0.1, 0.15) is 11.5 Å². The van der Waals surface area contributed by atoms with Crippen LogP contribution >= 0.6 is 0 Å². The van der Waals surface area contributed by atoms with Crippen molar-refractivity contribution in [2.45, 2.75) is 32.9 Å². The number of rotatable bonds is 2. The highest BCUT2D eigenvalue weighted by Gasteiger charge is 2.16. The molecule has 2 atom stereocenters. The molecule has 68 valence electrons. The standard InChI is InChI=1S/C9H15NO2/c1-5-4-8(7(3)12-5)9(10)6(2)11/h4,6,9,11H,10H2,1-3H3/t6-,9-/m0/s1. The largest absolute Gasteiger partial charge is 0.466 e. The van der Waals surface area contributed by atoms with E-state index in [0.717, 1.165) is 17.1 Å². The second kappa shape index (κ2) is 3.29. The highest BCUT2D eigenvalue weighted by atomic mass is 16.3. The number of aliphatic hydroxyl groups is 1. The quantitative estimate of drug-likeness (QED) is 0.701.